The first-order valence-corrected chi connectivity index (χ1v) is 10.4. The quantitative estimate of drug-likeness (QED) is 0.859. The van der Waals surface area contributed by atoms with Gasteiger partial charge in [-0.1, -0.05) is 25.0 Å². The predicted octanol–water partition coefficient (Wildman–Crippen LogP) is 3.48. The van der Waals surface area contributed by atoms with E-state index in [1.807, 2.05) is 4.90 Å². The fraction of sp³-hybridized carbons (Fsp3) is 0.667. The van der Waals surface area contributed by atoms with Gasteiger partial charge in [0.1, 0.15) is 0 Å². The molecule has 5 fully saturated rings. The summed E-state index contributed by atoms with van der Waals surface area (Å²) in [5.74, 6) is -1.24. The summed E-state index contributed by atoms with van der Waals surface area (Å²) < 4.78 is 28.5. The standard InChI is InChI=1S/C21H27F2N3O/c22-17-7-3-6-15(18(17)23)16-12-26(21(27)24-14-4-1-2-5-14)19-13-8-10-25(11-9-13)20(16)19/h3,6-7,13-14,16,19-20H,1-2,4-5,8-12H2,(H,24,27)/t16-,19+,20+/m1/s1. The first-order chi connectivity index (χ1) is 13.1. The predicted molar refractivity (Wildman–Crippen MR) is 98.5 cm³/mol. The summed E-state index contributed by atoms with van der Waals surface area (Å²) in [5.41, 5.74) is 0.425. The van der Waals surface area contributed by atoms with Crippen LogP contribution in [0.1, 0.15) is 50.0 Å². The molecule has 1 aliphatic carbocycles. The maximum absolute atomic E-state index is 14.6. The summed E-state index contributed by atoms with van der Waals surface area (Å²) in [6.45, 7) is 2.47. The first-order valence-electron chi connectivity index (χ1n) is 10.4. The topological polar surface area (TPSA) is 35.6 Å². The van der Waals surface area contributed by atoms with Crippen molar-refractivity contribution in [3.05, 3.63) is 35.4 Å². The molecule has 1 N–H and O–H groups in total. The van der Waals surface area contributed by atoms with E-state index in [1.54, 1.807) is 12.1 Å². The third-order valence-electron chi connectivity index (χ3n) is 7.32. The lowest BCUT2D eigenvalue weighted by Crippen LogP contribution is -2.62. The van der Waals surface area contributed by atoms with Crippen LogP contribution in [0.25, 0.3) is 0 Å². The number of carbonyl (C=O) groups is 1. The number of likely N-dealkylation sites (tertiary alicyclic amines) is 1. The molecular formula is C21H27F2N3O. The van der Waals surface area contributed by atoms with Crippen LogP contribution < -0.4 is 5.32 Å². The lowest BCUT2D eigenvalue weighted by molar-refractivity contribution is 0.00304. The SMILES string of the molecule is O=C(NC1CCCC1)N1C[C@H](c2cccc(F)c2F)[C@H]2[C@@H]1C1CCN2CC1. The third kappa shape index (κ3) is 2.84. The van der Waals surface area contributed by atoms with Crippen LogP contribution in [0.15, 0.2) is 18.2 Å². The molecule has 4 saturated heterocycles. The summed E-state index contributed by atoms with van der Waals surface area (Å²) in [5, 5.41) is 3.21. The van der Waals surface area contributed by atoms with Crippen molar-refractivity contribution < 1.29 is 13.6 Å². The van der Waals surface area contributed by atoms with Crippen LogP contribution in [-0.4, -0.2) is 53.6 Å². The molecule has 4 nitrogen and oxygen atoms in total. The minimum Gasteiger partial charge on any atom is -0.335 e. The van der Waals surface area contributed by atoms with Gasteiger partial charge in [0, 0.05) is 24.5 Å². The second kappa shape index (κ2) is 6.73. The van der Waals surface area contributed by atoms with Crippen LogP contribution in [0.3, 0.4) is 0 Å². The number of amides is 2. The smallest absolute Gasteiger partial charge is 0.317 e. The van der Waals surface area contributed by atoms with Gasteiger partial charge in [-0.2, -0.15) is 0 Å². The highest BCUT2D eigenvalue weighted by Gasteiger charge is 2.55. The van der Waals surface area contributed by atoms with Gasteiger partial charge in [-0.05, 0) is 56.3 Å². The monoisotopic (exact) mass is 375 g/mol. The Balaban J connectivity index is 1.46. The second-order valence-corrected chi connectivity index (χ2v) is 8.69. The van der Waals surface area contributed by atoms with E-state index in [0.717, 1.165) is 38.8 Å². The average molecular weight is 375 g/mol. The number of carbonyl (C=O) groups excluding carboxylic acids is 1. The Kier molecular flexibility index (Phi) is 4.34. The van der Waals surface area contributed by atoms with Crippen molar-refractivity contribution in [1.29, 1.82) is 0 Å². The molecule has 0 spiro atoms. The molecule has 0 radical (unpaired) electrons. The van der Waals surface area contributed by atoms with Crippen LogP contribution in [0.4, 0.5) is 13.6 Å². The van der Waals surface area contributed by atoms with Gasteiger partial charge in [0.05, 0.1) is 6.04 Å². The molecule has 1 saturated carbocycles. The number of benzene rings is 1. The Morgan fingerprint density at radius 3 is 2.52 bits per heavy atom. The zero-order valence-corrected chi connectivity index (χ0v) is 15.5. The molecule has 2 bridgehead atoms. The van der Waals surface area contributed by atoms with Gasteiger partial charge in [-0.25, -0.2) is 13.6 Å². The Morgan fingerprint density at radius 2 is 1.78 bits per heavy atom. The minimum atomic E-state index is -0.797. The van der Waals surface area contributed by atoms with E-state index < -0.39 is 11.6 Å². The number of urea groups is 1. The van der Waals surface area contributed by atoms with E-state index in [-0.39, 0.29) is 30.1 Å². The van der Waals surface area contributed by atoms with E-state index in [4.69, 9.17) is 0 Å². The van der Waals surface area contributed by atoms with E-state index in [0.29, 0.717) is 18.0 Å². The Morgan fingerprint density at radius 1 is 1.04 bits per heavy atom. The molecule has 2 amide bonds. The highest BCUT2D eigenvalue weighted by molar-refractivity contribution is 5.76. The van der Waals surface area contributed by atoms with Crippen molar-refractivity contribution >= 4 is 6.03 Å². The molecule has 5 aliphatic rings. The second-order valence-electron chi connectivity index (χ2n) is 8.69. The van der Waals surface area contributed by atoms with Crippen LogP contribution >= 0.6 is 0 Å². The highest BCUT2D eigenvalue weighted by Crippen LogP contribution is 2.47. The van der Waals surface area contributed by atoms with Crippen LogP contribution in [0, 0.1) is 17.6 Å². The fourth-order valence-corrected chi connectivity index (χ4v) is 6.06. The van der Waals surface area contributed by atoms with Crippen molar-refractivity contribution in [3.8, 4) is 0 Å². The Hall–Kier alpha value is -1.69. The molecule has 1 aromatic carbocycles. The molecule has 4 aliphatic heterocycles. The number of nitrogens with zero attached hydrogens (tertiary/aromatic N) is 2. The molecule has 6 rings (SSSR count). The van der Waals surface area contributed by atoms with Gasteiger partial charge >= 0.3 is 6.03 Å². The fourth-order valence-electron chi connectivity index (χ4n) is 6.06. The van der Waals surface area contributed by atoms with Crippen molar-refractivity contribution in [2.45, 2.75) is 62.6 Å². The number of rotatable bonds is 2. The van der Waals surface area contributed by atoms with Crippen LogP contribution in [-0.2, 0) is 0 Å². The van der Waals surface area contributed by atoms with Gasteiger partial charge in [-0.15, -0.1) is 0 Å². The lowest BCUT2D eigenvalue weighted by atomic mass is 9.75. The summed E-state index contributed by atoms with van der Waals surface area (Å²) in [6, 6.07) is 4.92. The largest absolute Gasteiger partial charge is 0.335 e. The van der Waals surface area contributed by atoms with Crippen LogP contribution in [0.5, 0.6) is 0 Å². The molecule has 3 atom stereocenters. The summed E-state index contributed by atoms with van der Waals surface area (Å²) >= 11 is 0. The summed E-state index contributed by atoms with van der Waals surface area (Å²) in [6.07, 6.45) is 6.62. The number of hydrogen-bond acceptors (Lipinski definition) is 2. The molecule has 27 heavy (non-hydrogen) atoms. The zero-order chi connectivity index (χ0) is 18.5. The zero-order valence-electron chi connectivity index (χ0n) is 15.5. The van der Waals surface area contributed by atoms with Gasteiger partial charge in [0.15, 0.2) is 11.6 Å². The van der Waals surface area contributed by atoms with Gasteiger partial charge < -0.3 is 10.2 Å². The van der Waals surface area contributed by atoms with Crippen molar-refractivity contribution in [1.82, 2.24) is 15.1 Å². The summed E-state index contributed by atoms with van der Waals surface area (Å²) in [7, 11) is 0. The number of piperidine rings is 3. The first kappa shape index (κ1) is 17.4. The molecule has 6 heteroatoms. The highest BCUT2D eigenvalue weighted by atomic mass is 19.2. The number of fused-ring (bicyclic) bond motifs is 2. The molecular weight excluding hydrogens is 348 g/mol. The van der Waals surface area contributed by atoms with Gasteiger partial charge in [-0.3, -0.25) is 4.90 Å². The Labute approximate surface area is 158 Å². The number of halogens is 2. The Bertz CT molecular complexity index is 728. The molecule has 146 valence electrons. The lowest BCUT2D eigenvalue weighted by Gasteiger charge is -2.51. The molecule has 0 unspecified atom stereocenters. The molecule has 1 aromatic rings. The molecule has 0 aromatic heterocycles. The number of nitrogens with one attached hydrogen (secondary N) is 1. The minimum absolute atomic E-state index is 0.00930. The van der Waals surface area contributed by atoms with E-state index >= 15 is 0 Å². The maximum Gasteiger partial charge on any atom is 0.317 e. The van der Waals surface area contributed by atoms with Crippen LogP contribution in [0.2, 0.25) is 0 Å². The van der Waals surface area contributed by atoms with E-state index in [2.05, 4.69) is 10.2 Å². The normalized spacial score (nSPS) is 35.5. The summed E-state index contributed by atoms with van der Waals surface area (Å²) in [4.78, 5) is 17.4. The van der Waals surface area contributed by atoms with Gasteiger partial charge in [0.25, 0.3) is 0 Å². The van der Waals surface area contributed by atoms with Gasteiger partial charge in [0.2, 0.25) is 0 Å². The molecule has 4 heterocycles. The van der Waals surface area contributed by atoms with E-state index in [9.17, 15) is 13.6 Å². The maximum atomic E-state index is 14.6. The van der Waals surface area contributed by atoms with Crippen molar-refractivity contribution in [2.75, 3.05) is 19.6 Å². The average Bonchev–Trinajstić information content (AvgIpc) is 3.34. The van der Waals surface area contributed by atoms with Crippen molar-refractivity contribution in [2.24, 2.45) is 5.92 Å². The van der Waals surface area contributed by atoms with E-state index in [1.165, 1.54) is 18.9 Å². The third-order valence-corrected chi connectivity index (χ3v) is 7.32. The van der Waals surface area contributed by atoms with Crippen molar-refractivity contribution in [3.63, 3.8) is 0 Å². The number of hydrogen-bond donors (Lipinski definition) is 1.